The monoisotopic (exact) mass is 311 g/mol. The van der Waals surface area contributed by atoms with Crippen molar-refractivity contribution < 1.29 is 4.79 Å². The Kier molecular flexibility index (Phi) is 3.85. The fraction of sp³-hybridized carbons (Fsp3) is 0.526. The first kappa shape index (κ1) is 14.8. The lowest BCUT2D eigenvalue weighted by atomic mass is 10.0. The molecule has 23 heavy (non-hydrogen) atoms. The summed E-state index contributed by atoms with van der Waals surface area (Å²) >= 11 is 0. The van der Waals surface area contributed by atoms with Gasteiger partial charge in [-0.2, -0.15) is 0 Å². The van der Waals surface area contributed by atoms with Crippen LogP contribution in [0.3, 0.4) is 0 Å². The van der Waals surface area contributed by atoms with E-state index in [1.54, 1.807) is 0 Å². The number of likely N-dealkylation sites (N-methyl/N-ethyl adjacent to an activating group) is 1. The van der Waals surface area contributed by atoms with Gasteiger partial charge >= 0.3 is 0 Å². The Morgan fingerprint density at radius 2 is 2.00 bits per heavy atom. The largest absolute Gasteiger partial charge is 0.361 e. The maximum Gasteiger partial charge on any atom is 0.254 e. The number of hydrogen-bond donors (Lipinski definition) is 1. The van der Waals surface area contributed by atoms with Crippen molar-refractivity contribution in [3.63, 3.8) is 0 Å². The van der Waals surface area contributed by atoms with Crippen LogP contribution in [0.5, 0.6) is 0 Å². The third-order valence-corrected chi connectivity index (χ3v) is 5.63. The average molecular weight is 311 g/mol. The van der Waals surface area contributed by atoms with Crippen LogP contribution in [-0.2, 0) is 0 Å². The molecule has 1 aromatic carbocycles. The van der Waals surface area contributed by atoms with Gasteiger partial charge in [-0.15, -0.1) is 0 Å². The molecule has 0 saturated carbocycles. The standard InChI is InChI=1S/C19H25N3O/c1-2-21-11-3-5-17(21)18-6-4-12-22(18)19(23)15-8-7-14-9-10-20-16(14)13-15/h7-10,13,17-18,20H,2-6,11-12H2,1H3/t17-,18-/m0/s1. The van der Waals surface area contributed by atoms with Crippen molar-refractivity contribution in [2.24, 2.45) is 0 Å². The van der Waals surface area contributed by atoms with Gasteiger partial charge in [-0.3, -0.25) is 9.69 Å². The molecule has 2 aromatic rings. The lowest BCUT2D eigenvalue weighted by Gasteiger charge is -2.34. The quantitative estimate of drug-likeness (QED) is 0.945. The lowest BCUT2D eigenvalue weighted by molar-refractivity contribution is 0.0650. The molecule has 0 bridgehead atoms. The predicted molar refractivity (Wildman–Crippen MR) is 92.6 cm³/mol. The minimum Gasteiger partial charge on any atom is -0.361 e. The number of carbonyl (C=O) groups is 1. The Balaban J connectivity index is 1.59. The highest BCUT2D eigenvalue weighted by atomic mass is 16.2. The van der Waals surface area contributed by atoms with E-state index in [1.807, 2.05) is 30.5 Å². The van der Waals surface area contributed by atoms with E-state index in [1.165, 1.54) is 19.4 Å². The van der Waals surface area contributed by atoms with Crippen molar-refractivity contribution in [1.82, 2.24) is 14.8 Å². The number of rotatable bonds is 3. The van der Waals surface area contributed by atoms with Crippen LogP contribution in [-0.4, -0.2) is 52.4 Å². The molecule has 2 atom stereocenters. The van der Waals surface area contributed by atoms with Gasteiger partial charge in [-0.1, -0.05) is 13.0 Å². The predicted octanol–water partition coefficient (Wildman–Crippen LogP) is 3.26. The number of benzene rings is 1. The molecular weight excluding hydrogens is 286 g/mol. The summed E-state index contributed by atoms with van der Waals surface area (Å²) in [7, 11) is 0. The van der Waals surface area contributed by atoms with Crippen LogP contribution in [0.2, 0.25) is 0 Å². The first-order chi connectivity index (χ1) is 11.3. The molecule has 2 fully saturated rings. The summed E-state index contributed by atoms with van der Waals surface area (Å²) < 4.78 is 0. The minimum absolute atomic E-state index is 0.201. The van der Waals surface area contributed by atoms with Gasteiger partial charge in [0, 0.05) is 35.9 Å². The Labute approximate surface area is 137 Å². The molecule has 2 saturated heterocycles. The zero-order chi connectivity index (χ0) is 15.8. The number of hydrogen-bond acceptors (Lipinski definition) is 2. The average Bonchev–Trinajstić information content (AvgIpc) is 3.30. The normalized spacial score (nSPS) is 25.5. The number of nitrogens with zero attached hydrogens (tertiary/aromatic N) is 2. The summed E-state index contributed by atoms with van der Waals surface area (Å²) in [4.78, 5) is 21.0. The van der Waals surface area contributed by atoms with Gasteiger partial charge in [-0.25, -0.2) is 0 Å². The summed E-state index contributed by atoms with van der Waals surface area (Å²) in [5, 5.41) is 1.16. The van der Waals surface area contributed by atoms with Crippen LogP contribution in [0.25, 0.3) is 10.9 Å². The minimum atomic E-state index is 0.201. The van der Waals surface area contributed by atoms with Crippen molar-refractivity contribution in [2.45, 2.75) is 44.7 Å². The van der Waals surface area contributed by atoms with Gasteiger partial charge < -0.3 is 9.88 Å². The number of nitrogens with one attached hydrogen (secondary N) is 1. The van der Waals surface area contributed by atoms with Gasteiger partial charge in [0.25, 0.3) is 5.91 Å². The molecule has 122 valence electrons. The molecule has 1 aromatic heterocycles. The molecule has 0 radical (unpaired) electrons. The number of aromatic amines is 1. The van der Waals surface area contributed by atoms with Crippen LogP contribution >= 0.6 is 0 Å². The van der Waals surface area contributed by atoms with Gasteiger partial charge in [-0.05, 0) is 62.4 Å². The van der Waals surface area contributed by atoms with Gasteiger partial charge in [0.2, 0.25) is 0 Å². The van der Waals surface area contributed by atoms with E-state index >= 15 is 0 Å². The topological polar surface area (TPSA) is 39.3 Å². The zero-order valence-electron chi connectivity index (χ0n) is 13.8. The molecule has 4 rings (SSSR count). The lowest BCUT2D eigenvalue weighted by Crippen LogP contribution is -2.48. The second kappa shape index (κ2) is 6.00. The zero-order valence-corrected chi connectivity index (χ0v) is 13.8. The van der Waals surface area contributed by atoms with Crippen LogP contribution in [0.4, 0.5) is 0 Å². The van der Waals surface area contributed by atoms with Crippen LogP contribution < -0.4 is 0 Å². The summed E-state index contributed by atoms with van der Waals surface area (Å²) in [5.74, 6) is 0.201. The van der Waals surface area contributed by atoms with E-state index < -0.39 is 0 Å². The van der Waals surface area contributed by atoms with Crippen LogP contribution in [0.1, 0.15) is 43.0 Å². The van der Waals surface area contributed by atoms with Crippen molar-refractivity contribution in [2.75, 3.05) is 19.6 Å². The maximum absolute atomic E-state index is 13.1. The highest BCUT2D eigenvalue weighted by Gasteiger charge is 2.39. The molecule has 4 heteroatoms. The van der Waals surface area contributed by atoms with E-state index in [0.717, 1.165) is 42.4 Å². The van der Waals surface area contributed by atoms with E-state index in [9.17, 15) is 4.79 Å². The second-order valence-electron chi connectivity index (χ2n) is 6.83. The fourth-order valence-electron chi connectivity index (χ4n) is 4.47. The smallest absolute Gasteiger partial charge is 0.254 e. The van der Waals surface area contributed by atoms with Gasteiger partial charge in [0.15, 0.2) is 0 Å². The Hall–Kier alpha value is -1.81. The summed E-state index contributed by atoms with van der Waals surface area (Å²) in [6.07, 6.45) is 6.71. The summed E-state index contributed by atoms with van der Waals surface area (Å²) in [6.45, 7) is 5.42. The fourth-order valence-corrected chi connectivity index (χ4v) is 4.47. The SMILES string of the molecule is CCN1CCC[C@H]1[C@@H]1CCCN1C(=O)c1ccc2cc[nH]c2c1. The van der Waals surface area contributed by atoms with E-state index in [0.29, 0.717) is 12.1 Å². The number of H-pyrrole nitrogens is 1. The molecule has 2 aliphatic rings. The third kappa shape index (κ3) is 2.55. The van der Waals surface area contributed by atoms with Crippen molar-refractivity contribution in [3.05, 3.63) is 36.0 Å². The Morgan fingerprint density at radius 1 is 1.17 bits per heavy atom. The second-order valence-corrected chi connectivity index (χ2v) is 6.83. The van der Waals surface area contributed by atoms with E-state index in [-0.39, 0.29) is 5.91 Å². The van der Waals surface area contributed by atoms with E-state index in [4.69, 9.17) is 0 Å². The number of amides is 1. The van der Waals surface area contributed by atoms with Gasteiger partial charge in [0.05, 0.1) is 0 Å². The summed E-state index contributed by atoms with van der Waals surface area (Å²) in [5.41, 5.74) is 1.86. The highest BCUT2D eigenvalue weighted by Crippen LogP contribution is 2.31. The highest BCUT2D eigenvalue weighted by molar-refractivity contribution is 5.98. The number of carbonyl (C=O) groups excluding carboxylic acids is 1. The first-order valence-corrected chi connectivity index (χ1v) is 8.90. The Morgan fingerprint density at radius 3 is 2.87 bits per heavy atom. The van der Waals surface area contributed by atoms with Crippen molar-refractivity contribution in [1.29, 1.82) is 0 Å². The van der Waals surface area contributed by atoms with Crippen LogP contribution in [0, 0.1) is 0 Å². The molecule has 0 spiro atoms. The molecular formula is C19H25N3O. The van der Waals surface area contributed by atoms with Crippen molar-refractivity contribution in [3.8, 4) is 0 Å². The number of aromatic nitrogens is 1. The maximum atomic E-state index is 13.1. The molecule has 0 unspecified atom stereocenters. The first-order valence-electron chi connectivity index (χ1n) is 8.90. The molecule has 1 amide bonds. The van der Waals surface area contributed by atoms with Crippen molar-refractivity contribution >= 4 is 16.8 Å². The molecule has 1 N–H and O–H groups in total. The summed E-state index contributed by atoms with van der Waals surface area (Å²) in [6, 6.07) is 9.00. The molecule has 2 aliphatic heterocycles. The Bertz CT molecular complexity index is 707. The van der Waals surface area contributed by atoms with Crippen LogP contribution in [0.15, 0.2) is 30.5 Å². The molecule has 0 aliphatic carbocycles. The molecule has 4 nitrogen and oxygen atoms in total. The van der Waals surface area contributed by atoms with E-state index in [2.05, 4.69) is 21.7 Å². The van der Waals surface area contributed by atoms with Gasteiger partial charge in [0.1, 0.15) is 0 Å². The third-order valence-electron chi connectivity index (χ3n) is 5.63. The molecule has 3 heterocycles. The number of likely N-dealkylation sites (tertiary alicyclic amines) is 2. The number of fused-ring (bicyclic) bond motifs is 1.